The Labute approximate surface area is 141 Å². The van der Waals surface area contributed by atoms with Gasteiger partial charge >= 0.3 is 18.6 Å². The molecule has 3 amide bonds. The topological polar surface area (TPSA) is 103 Å². The molecule has 1 aromatic rings. The first-order valence-electron chi connectivity index (χ1n) is 6.85. The van der Waals surface area contributed by atoms with Crippen molar-refractivity contribution in [2.75, 3.05) is 20.8 Å². The second kappa shape index (κ2) is 9.85. The fourth-order valence-corrected chi connectivity index (χ4v) is 1.56. The van der Waals surface area contributed by atoms with Gasteiger partial charge in [0.2, 0.25) is 0 Å². The van der Waals surface area contributed by atoms with Crippen LogP contribution in [-0.2, 0) is 14.3 Å². The summed E-state index contributed by atoms with van der Waals surface area (Å²) in [6, 6.07) is 3.32. The molecule has 1 rings (SSSR count). The third kappa shape index (κ3) is 7.29. The minimum Gasteiger partial charge on any atom is -0.493 e. The number of carbonyl (C=O) groups excluding carboxylic acids is 3. The summed E-state index contributed by atoms with van der Waals surface area (Å²) in [6.07, 6.45) is 2.35. The van der Waals surface area contributed by atoms with Crippen LogP contribution in [-0.4, -0.2) is 45.3 Å². The molecule has 0 aromatic heterocycles. The maximum absolute atomic E-state index is 12.2. The monoisotopic (exact) mass is 358 g/mol. The molecule has 0 bridgehead atoms. The van der Waals surface area contributed by atoms with Crippen LogP contribution in [0.4, 0.5) is 13.6 Å². The predicted octanol–water partition coefficient (Wildman–Crippen LogP) is 1.31. The molecule has 0 heterocycles. The first kappa shape index (κ1) is 19.9. The quantitative estimate of drug-likeness (QED) is 0.563. The zero-order valence-electron chi connectivity index (χ0n) is 13.4. The third-order valence-electron chi connectivity index (χ3n) is 2.64. The van der Waals surface area contributed by atoms with Gasteiger partial charge in [-0.25, -0.2) is 9.59 Å². The molecule has 0 unspecified atom stereocenters. The van der Waals surface area contributed by atoms with Crippen LogP contribution in [0.2, 0.25) is 0 Å². The Hall–Kier alpha value is -3.17. The third-order valence-corrected chi connectivity index (χ3v) is 2.64. The molecule has 0 radical (unpaired) electrons. The molecule has 0 aliphatic carbocycles. The van der Waals surface area contributed by atoms with Crippen molar-refractivity contribution in [1.82, 2.24) is 10.6 Å². The Morgan fingerprint density at radius 2 is 1.96 bits per heavy atom. The molecule has 0 atom stereocenters. The molecule has 10 heteroatoms. The Morgan fingerprint density at radius 1 is 1.24 bits per heavy atom. The summed E-state index contributed by atoms with van der Waals surface area (Å²) >= 11 is 0. The van der Waals surface area contributed by atoms with E-state index in [0.717, 1.165) is 6.08 Å². The lowest BCUT2D eigenvalue weighted by molar-refractivity contribution is -0.143. The second-order valence-electron chi connectivity index (χ2n) is 4.36. The highest BCUT2D eigenvalue weighted by Gasteiger charge is 2.11. The summed E-state index contributed by atoms with van der Waals surface area (Å²) in [5.74, 6) is -1.72. The van der Waals surface area contributed by atoms with Crippen molar-refractivity contribution >= 4 is 24.0 Å². The van der Waals surface area contributed by atoms with Crippen LogP contribution < -0.4 is 20.1 Å². The van der Waals surface area contributed by atoms with Gasteiger partial charge in [0, 0.05) is 13.1 Å². The van der Waals surface area contributed by atoms with Gasteiger partial charge in [0.15, 0.2) is 18.1 Å². The van der Waals surface area contributed by atoms with Crippen LogP contribution in [0.5, 0.6) is 11.5 Å². The molecule has 2 N–H and O–H groups in total. The molecule has 1 aromatic carbocycles. The van der Waals surface area contributed by atoms with Gasteiger partial charge in [0.05, 0.1) is 7.11 Å². The zero-order chi connectivity index (χ0) is 18.8. The minimum atomic E-state index is -2.99. The number of esters is 1. The summed E-state index contributed by atoms with van der Waals surface area (Å²) in [7, 11) is 2.60. The van der Waals surface area contributed by atoms with Gasteiger partial charge in [-0.3, -0.25) is 10.1 Å². The first-order valence-corrected chi connectivity index (χ1v) is 6.85. The average molecular weight is 358 g/mol. The fraction of sp³-hybridized carbons (Fsp3) is 0.267. The maximum Gasteiger partial charge on any atom is 0.387 e. The highest BCUT2D eigenvalue weighted by Crippen LogP contribution is 2.29. The smallest absolute Gasteiger partial charge is 0.387 e. The number of ether oxygens (including phenoxy) is 3. The number of hydrogen-bond donors (Lipinski definition) is 2. The molecule has 0 saturated carbocycles. The van der Waals surface area contributed by atoms with E-state index in [1.807, 2.05) is 5.32 Å². The van der Waals surface area contributed by atoms with Crippen molar-refractivity contribution in [3.63, 3.8) is 0 Å². The van der Waals surface area contributed by atoms with Gasteiger partial charge in [0.1, 0.15) is 0 Å². The van der Waals surface area contributed by atoms with Gasteiger partial charge in [0.25, 0.3) is 5.91 Å². The molecular formula is C15H16F2N2O6. The standard InChI is InChI=1S/C15H16F2N2O6/c1-18-15(22)19-12(20)8-24-13(21)6-4-9-3-5-10(25-14(16)17)11(7-9)23-2/h3-7,14H,8H2,1-2H3,(H2,18,19,20,22)/b6-4+. The van der Waals surface area contributed by atoms with Crippen molar-refractivity contribution in [3.05, 3.63) is 29.8 Å². The normalized spacial score (nSPS) is 10.4. The number of amides is 3. The molecular weight excluding hydrogens is 342 g/mol. The number of halogens is 2. The summed E-state index contributed by atoms with van der Waals surface area (Å²) in [5, 5.41) is 4.08. The lowest BCUT2D eigenvalue weighted by atomic mass is 10.2. The Bertz CT molecular complexity index is 663. The van der Waals surface area contributed by atoms with E-state index in [4.69, 9.17) is 4.74 Å². The first-order chi connectivity index (χ1) is 11.8. The lowest BCUT2D eigenvalue weighted by Crippen LogP contribution is -2.39. The summed E-state index contributed by atoms with van der Waals surface area (Å²) in [4.78, 5) is 33.6. The SMILES string of the molecule is CNC(=O)NC(=O)COC(=O)/C=C/c1ccc(OC(F)F)c(OC)c1. The molecule has 0 aliphatic heterocycles. The van der Waals surface area contributed by atoms with Crippen LogP contribution in [0, 0.1) is 0 Å². The van der Waals surface area contributed by atoms with Crippen molar-refractivity contribution in [2.24, 2.45) is 0 Å². The number of hydrogen-bond acceptors (Lipinski definition) is 6. The van der Waals surface area contributed by atoms with E-state index in [2.05, 4.69) is 14.8 Å². The second-order valence-corrected chi connectivity index (χ2v) is 4.36. The van der Waals surface area contributed by atoms with E-state index in [1.54, 1.807) is 0 Å². The van der Waals surface area contributed by atoms with E-state index < -0.39 is 31.1 Å². The average Bonchev–Trinajstić information content (AvgIpc) is 2.58. The Kier molecular flexibility index (Phi) is 7.83. The fourth-order valence-electron chi connectivity index (χ4n) is 1.56. The number of nitrogens with one attached hydrogen (secondary N) is 2. The highest BCUT2D eigenvalue weighted by atomic mass is 19.3. The van der Waals surface area contributed by atoms with E-state index in [0.29, 0.717) is 5.56 Å². The van der Waals surface area contributed by atoms with Crippen molar-refractivity contribution in [3.8, 4) is 11.5 Å². The lowest BCUT2D eigenvalue weighted by Gasteiger charge is -2.10. The number of imide groups is 1. The van der Waals surface area contributed by atoms with E-state index >= 15 is 0 Å². The summed E-state index contributed by atoms with van der Waals surface area (Å²) in [6.45, 7) is -3.63. The predicted molar refractivity (Wildman–Crippen MR) is 82.2 cm³/mol. The molecule has 0 saturated heterocycles. The molecule has 25 heavy (non-hydrogen) atoms. The van der Waals surface area contributed by atoms with Gasteiger partial charge in [-0.05, 0) is 23.8 Å². The molecule has 0 spiro atoms. The number of alkyl halides is 2. The Balaban J connectivity index is 2.61. The number of carbonyl (C=O) groups is 3. The van der Waals surface area contributed by atoms with Gasteiger partial charge in [-0.2, -0.15) is 8.78 Å². The number of benzene rings is 1. The van der Waals surface area contributed by atoms with Crippen molar-refractivity contribution in [1.29, 1.82) is 0 Å². The number of methoxy groups -OCH3 is 1. The van der Waals surface area contributed by atoms with Crippen molar-refractivity contribution < 1.29 is 37.4 Å². The molecule has 0 fully saturated rings. The van der Waals surface area contributed by atoms with Gasteiger partial charge in [-0.1, -0.05) is 6.07 Å². The molecule has 136 valence electrons. The highest BCUT2D eigenvalue weighted by molar-refractivity contribution is 5.96. The van der Waals surface area contributed by atoms with E-state index in [9.17, 15) is 23.2 Å². The summed E-state index contributed by atoms with van der Waals surface area (Å²) < 4.78 is 38.3. The van der Waals surface area contributed by atoms with E-state index in [1.165, 1.54) is 38.4 Å². The van der Waals surface area contributed by atoms with Crippen LogP contribution >= 0.6 is 0 Å². The number of rotatable bonds is 7. The van der Waals surface area contributed by atoms with Crippen LogP contribution in [0.25, 0.3) is 6.08 Å². The van der Waals surface area contributed by atoms with Gasteiger partial charge < -0.3 is 19.5 Å². The molecule has 0 aliphatic rings. The largest absolute Gasteiger partial charge is 0.493 e. The summed E-state index contributed by atoms with van der Waals surface area (Å²) in [5.41, 5.74) is 0.449. The van der Waals surface area contributed by atoms with Crippen LogP contribution in [0.3, 0.4) is 0 Å². The van der Waals surface area contributed by atoms with E-state index in [-0.39, 0.29) is 11.5 Å². The zero-order valence-corrected chi connectivity index (χ0v) is 13.4. The number of urea groups is 1. The van der Waals surface area contributed by atoms with Gasteiger partial charge in [-0.15, -0.1) is 0 Å². The molecule has 8 nitrogen and oxygen atoms in total. The maximum atomic E-state index is 12.2. The Morgan fingerprint density at radius 3 is 2.56 bits per heavy atom. The van der Waals surface area contributed by atoms with Crippen LogP contribution in [0.1, 0.15) is 5.56 Å². The minimum absolute atomic E-state index is 0.0563. The van der Waals surface area contributed by atoms with Crippen molar-refractivity contribution in [2.45, 2.75) is 6.61 Å². The van der Waals surface area contributed by atoms with Crippen LogP contribution in [0.15, 0.2) is 24.3 Å².